The molecule has 0 saturated carbocycles. The van der Waals surface area contributed by atoms with Crippen LogP contribution in [0, 0.1) is 5.82 Å². The molecule has 3 heterocycles. The Balaban J connectivity index is 1.56. The van der Waals surface area contributed by atoms with Crippen molar-refractivity contribution < 1.29 is 18.7 Å². The minimum atomic E-state index is -0.700. The third-order valence-electron chi connectivity index (χ3n) is 5.53. The van der Waals surface area contributed by atoms with E-state index in [1.807, 2.05) is 0 Å². The van der Waals surface area contributed by atoms with Gasteiger partial charge < -0.3 is 19.1 Å². The van der Waals surface area contributed by atoms with Crippen molar-refractivity contribution in [1.82, 2.24) is 9.47 Å². The Hall–Kier alpha value is -3.00. The lowest BCUT2D eigenvalue weighted by atomic mass is 9.90. The maximum absolute atomic E-state index is 13.7. The van der Waals surface area contributed by atoms with Crippen LogP contribution in [-0.4, -0.2) is 53.1 Å². The number of carbonyl (C=O) groups excluding carboxylic acids is 2. The SMILES string of the molecule is Cn1cc(C(=O)N2CCCC3(C2)CN(c2cccc(F)c2)C(=O)CO3)ccc1=O. The van der Waals surface area contributed by atoms with Crippen LogP contribution in [-0.2, 0) is 16.6 Å². The molecule has 29 heavy (non-hydrogen) atoms. The highest BCUT2D eigenvalue weighted by Crippen LogP contribution is 2.32. The lowest BCUT2D eigenvalue weighted by molar-refractivity contribution is -0.144. The zero-order chi connectivity index (χ0) is 20.6. The van der Waals surface area contributed by atoms with Crippen LogP contribution < -0.4 is 10.5 Å². The normalized spacial score (nSPS) is 22.2. The molecule has 0 radical (unpaired) electrons. The first-order valence-electron chi connectivity index (χ1n) is 9.53. The molecule has 1 unspecified atom stereocenters. The van der Waals surface area contributed by atoms with Crippen molar-refractivity contribution in [3.63, 3.8) is 0 Å². The topological polar surface area (TPSA) is 71.8 Å². The Morgan fingerprint density at radius 3 is 2.76 bits per heavy atom. The zero-order valence-electron chi connectivity index (χ0n) is 16.1. The number of amides is 2. The number of anilines is 1. The van der Waals surface area contributed by atoms with Crippen LogP contribution in [0.2, 0.25) is 0 Å². The number of likely N-dealkylation sites (tertiary alicyclic amines) is 1. The second-order valence-corrected chi connectivity index (χ2v) is 7.63. The van der Waals surface area contributed by atoms with Crippen molar-refractivity contribution in [2.24, 2.45) is 7.05 Å². The number of benzene rings is 1. The van der Waals surface area contributed by atoms with Crippen LogP contribution in [0.5, 0.6) is 0 Å². The number of aromatic nitrogens is 1. The fraction of sp³-hybridized carbons (Fsp3) is 0.381. The summed E-state index contributed by atoms with van der Waals surface area (Å²) >= 11 is 0. The molecule has 4 rings (SSSR count). The molecule has 1 atom stereocenters. The van der Waals surface area contributed by atoms with Gasteiger partial charge in [0, 0.05) is 31.5 Å². The van der Waals surface area contributed by atoms with E-state index >= 15 is 0 Å². The van der Waals surface area contributed by atoms with Gasteiger partial charge in [0.2, 0.25) is 5.56 Å². The molecule has 0 bridgehead atoms. The van der Waals surface area contributed by atoms with Gasteiger partial charge in [0.15, 0.2) is 0 Å². The fourth-order valence-electron chi connectivity index (χ4n) is 4.02. The van der Waals surface area contributed by atoms with Crippen molar-refractivity contribution in [2.45, 2.75) is 18.4 Å². The molecule has 2 aliphatic heterocycles. The Kier molecular flexibility index (Phi) is 4.96. The molecule has 2 fully saturated rings. The Bertz CT molecular complexity index is 1020. The van der Waals surface area contributed by atoms with Crippen molar-refractivity contribution in [3.8, 4) is 0 Å². The summed E-state index contributed by atoms with van der Waals surface area (Å²) in [5.74, 6) is -0.828. The first kappa shape index (κ1) is 19.3. The van der Waals surface area contributed by atoms with Crippen LogP contribution in [0.1, 0.15) is 23.2 Å². The summed E-state index contributed by atoms with van der Waals surface area (Å²) in [6.07, 6.45) is 2.95. The van der Waals surface area contributed by atoms with Crippen molar-refractivity contribution in [1.29, 1.82) is 0 Å². The highest BCUT2D eigenvalue weighted by molar-refractivity contribution is 5.96. The van der Waals surface area contributed by atoms with Crippen molar-refractivity contribution >= 4 is 17.5 Å². The molecular weight excluding hydrogens is 377 g/mol. The van der Waals surface area contributed by atoms with Crippen molar-refractivity contribution in [3.05, 3.63) is 64.3 Å². The van der Waals surface area contributed by atoms with E-state index in [1.165, 1.54) is 39.9 Å². The summed E-state index contributed by atoms with van der Waals surface area (Å²) in [4.78, 5) is 40.2. The molecule has 8 heteroatoms. The summed E-state index contributed by atoms with van der Waals surface area (Å²) < 4.78 is 20.9. The number of nitrogens with zero attached hydrogens (tertiary/aromatic N) is 3. The predicted molar refractivity (Wildman–Crippen MR) is 104 cm³/mol. The smallest absolute Gasteiger partial charge is 0.255 e. The molecule has 2 aromatic rings. The second kappa shape index (κ2) is 7.44. The summed E-state index contributed by atoms with van der Waals surface area (Å²) in [7, 11) is 1.60. The Morgan fingerprint density at radius 1 is 1.17 bits per heavy atom. The second-order valence-electron chi connectivity index (χ2n) is 7.63. The van der Waals surface area contributed by atoms with E-state index in [0.29, 0.717) is 30.8 Å². The summed E-state index contributed by atoms with van der Waals surface area (Å²) in [6.45, 7) is 1.04. The molecular formula is C21H22FN3O4. The highest BCUT2D eigenvalue weighted by atomic mass is 19.1. The number of hydrogen-bond acceptors (Lipinski definition) is 4. The highest BCUT2D eigenvalue weighted by Gasteiger charge is 2.44. The van der Waals surface area contributed by atoms with Gasteiger partial charge in [-0.3, -0.25) is 14.4 Å². The van der Waals surface area contributed by atoms with Gasteiger partial charge in [0.05, 0.1) is 18.7 Å². The molecule has 2 amide bonds. The first-order valence-corrected chi connectivity index (χ1v) is 9.53. The number of rotatable bonds is 2. The maximum atomic E-state index is 13.7. The summed E-state index contributed by atoms with van der Waals surface area (Å²) in [5, 5.41) is 0. The van der Waals surface area contributed by atoms with Gasteiger partial charge in [-0.15, -0.1) is 0 Å². The number of halogens is 1. The zero-order valence-corrected chi connectivity index (χ0v) is 16.1. The Morgan fingerprint density at radius 2 is 2.00 bits per heavy atom. The van der Waals surface area contributed by atoms with E-state index in [1.54, 1.807) is 24.1 Å². The lowest BCUT2D eigenvalue weighted by Crippen LogP contribution is -2.62. The molecule has 2 saturated heterocycles. The number of piperidine rings is 1. The monoisotopic (exact) mass is 399 g/mol. The standard InChI is InChI=1S/C21H22FN3O4/c1-23-11-15(6-7-18(23)26)20(28)24-9-3-8-21(13-24)14-25(19(27)12-29-21)17-5-2-4-16(22)10-17/h2,4-7,10-11H,3,8-9,12-14H2,1H3. The molecule has 2 aliphatic rings. The molecule has 1 aromatic heterocycles. The van der Waals surface area contributed by atoms with Crippen molar-refractivity contribution in [2.75, 3.05) is 31.1 Å². The van der Waals surface area contributed by atoms with Gasteiger partial charge >= 0.3 is 0 Å². The maximum Gasteiger partial charge on any atom is 0.255 e. The fourth-order valence-corrected chi connectivity index (χ4v) is 4.02. The first-order chi connectivity index (χ1) is 13.9. The van der Waals surface area contributed by atoms with Gasteiger partial charge in [-0.2, -0.15) is 0 Å². The van der Waals surface area contributed by atoms with Gasteiger partial charge in [-0.1, -0.05) is 6.07 Å². The van der Waals surface area contributed by atoms with Crippen LogP contribution in [0.25, 0.3) is 0 Å². The van der Waals surface area contributed by atoms with Crippen LogP contribution in [0.3, 0.4) is 0 Å². The van der Waals surface area contributed by atoms with E-state index in [9.17, 15) is 18.8 Å². The lowest BCUT2D eigenvalue weighted by Gasteiger charge is -2.47. The number of carbonyl (C=O) groups is 2. The molecule has 0 aliphatic carbocycles. The van der Waals surface area contributed by atoms with Gasteiger partial charge in [0.25, 0.3) is 11.8 Å². The molecule has 1 spiro atoms. The third kappa shape index (κ3) is 3.80. The van der Waals surface area contributed by atoms with E-state index in [4.69, 9.17) is 4.74 Å². The predicted octanol–water partition coefficient (Wildman–Crippen LogP) is 1.56. The number of hydrogen-bond donors (Lipinski definition) is 0. The van der Waals surface area contributed by atoms with E-state index in [-0.39, 0.29) is 30.5 Å². The summed E-state index contributed by atoms with van der Waals surface area (Å²) in [5.41, 5.74) is 0.0307. The number of ether oxygens (including phenoxy) is 1. The molecule has 152 valence electrons. The van der Waals surface area contributed by atoms with E-state index in [2.05, 4.69) is 0 Å². The molecule has 1 aromatic carbocycles. The molecule has 0 N–H and O–H groups in total. The van der Waals surface area contributed by atoms with Gasteiger partial charge in [-0.25, -0.2) is 4.39 Å². The average molecular weight is 399 g/mol. The minimum absolute atomic E-state index is 0.113. The largest absolute Gasteiger partial charge is 0.361 e. The number of pyridine rings is 1. The minimum Gasteiger partial charge on any atom is -0.361 e. The molecule has 7 nitrogen and oxygen atoms in total. The third-order valence-corrected chi connectivity index (χ3v) is 5.53. The van der Waals surface area contributed by atoms with Gasteiger partial charge in [-0.05, 0) is 37.1 Å². The van der Waals surface area contributed by atoms with Crippen LogP contribution in [0.4, 0.5) is 10.1 Å². The summed E-state index contributed by atoms with van der Waals surface area (Å²) in [6, 6.07) is 8.81. The Labute approximate surface area is 167 Å². The number of aryl methyl sites for hydroxylation is 1. The van der Waals surface area contributed by atoms with Crippen LogP contribution >= 0.6 is 0 Å². The van der Waals surface area contributed by atoms with E-state index < -0.39 is 11.4 Å². The number of morpholine rings is 1. The van der Waals surface area contributed by atoms with Gasteiger partial charge in [0.1, 0.15) is 18.0 Å². The van der Waals surface area contributed by atoms with E-state index in [0.717, 1.165) is 6.42 Å². The quantitative estimate of drug-likeness (QED) is 0.769. The average Bonchev–Trinajstić information content (AvgIpc) is 2.72. The van der Waals surface area contributed by atoms with Crippen LogP contribution in [0.15, 0.2) is 47.4 Å².